The van der Waals surface area contributed by atoms with Gasteiger partial charge in [0.05, 0.1) is 13.7 Å². The molecule has 5 N–H and O–H groups in total. The Morgan fingerprint density at radius 3 is 2.05 bits per heavy atom. The van der Waals surface area contributed by atoms with E-state index in [0.29, 0.717) is 12.1 Å². The van der Waals surface area contributed by atoms with Crippen LogP contribution in [0.25, 0.3) is 11.1 Å². The van der Waals surface area contributed by atoms with Crippen molar-refractivity contribution in [3.05, 3.63) is 89.5 Å². The summed E-state index contributed by atoms with van der Waals surface area (Å²) in [6.45, 7) is 3.43. The highest BCUT2D eigenvalue weighted by molar-refractivity contribution is 5.95. The molecule has 0 bridgehead atoms. The van der Waals surface area contributed by atoms with Crippen LogP contribution in [0.2, 0.25) is 0 Å². The first-order chi connectivity index (χ1) is 20.2. The lowest BCUT2D eigenvalue weighted by molar-refractivity contribution is -0.142. The van der Waals surface area contributed by atoms with Crippen LogP contribution in [0.15, 0.2) is 72.8 Å². The van der Waals surface area contributed by atoms with E-state index in [0.717, 1.165) is 27.8 Å². The summed E-state index contributed by atoms with van der Waals surface area (Å²) in [4.78, 5) is 49.6. The molecule has 2 atom stereocenters. The van der Waals surface area contributed by atoms with Gasteiger partial charge in [-0.05, 0) is 52.3 Å². The maximum atomic E-state index is 12.9. The van der Waals surface area contributed by atoms with Crippen molar-refractivity contribution in [3.8, 4) is 11.1 Å². The number of esters is 1. The van der Waals surface area contributed by atoms with E-state index in [1.807, 2.05) is 36.4 Å². The Labute approximate surface area is 245 Å². The zero-order valence-electron chi connectivity index (χ0n) is 23.9. The highest BCUT2D eigenvalue weighted by atomic mass is 16.5. The summed E-state index contributed by atoms with van der Waals surface area (Å²) < 4.78 is 10.2. The van der Waals surface area contributed by atoms with E-state index in [4.69, 9.17) is 10.5 Å². The minimum Gasteiger partial charge on any atom is -0.468 e. The van der Waals surface area contributed by atoms with Crippen molar-refractivity contribution >= 4 is 29.6 Å². The smallest absolute Gasteiger partial charge is 0.407 e. The monoisotopic (exact) mass is 572 g/mol. The van der Waals surface area contributed by atoms with Gasteiger partial charge in [0.15, 0.2) is 0 Å². The third-order valence-corrected chi connectivity index (χ3v) is 7.19. The molecule has 1 aliphatic carbocycles. The number of ether oxygens (including phenoxy) is 2. The van der Waals surface area contributed by atoms with Crippen molar-refractivity contribution in [2.45, 2.75) is 38.3 Å². The first-order valence-corrected chi connectivity index (χ1v) is 13.8. The lowest BCUT2D eigenvalue weighted by Crippen LogP contribution is -2.51. The van der Waals surface area contributed by atoms with Gasteiger partial charge in [-0.25, -0.2) is 4.79 Å². The molecule has 1 aliphatic rings. The Kier molecular flexibility index (Phi) is 9.93. The zero-order valence-corrected chi connectivity index (χ0v) is 23.9. The van der Waals surface area contributed by atoms with Crippen molar-refractivity contribution in [2.75, 3.05) is 25.6 Å². The third-order valence-electron chi connectivity index (χ3n) is 7.19. The van der Waals surface area contributed by atoms with Gasteiger partial charge < -0.3 is 31.2 Å². The SMILES string of the molecule is COC(=O)[C@@H](N)Cc1ccc(NC(=O)CNC(=O)C(NC(=O)OCC2c3ccccc3-c3ccccc32)C(C)C)cc1. The Morgan fingerprint density at radius 1 is 0.881 bits per heavy atom. The highest BCUT2D eigenvalue weighted by Crippen LogP contribution is 2.44. The number of nitrogens with one attached hydrogen (secondary N) is 3. The molecule has 1 unspecified atom stereocenters. The van der Waals surface area contributed by atoms with Gasteiger partial charge >= 0.3 is 12.1 Å². The van der Waals surface area contributed by atoms with Crippen molar-refractivity contribution in [1.29, 1.82) is 0 Å². The summed E-state index contributed by atoms with van der Waals surface area (Å²) >= 11 is 0. The Balaban J connectivity index is 1.26. The lowest BCUT2D eigenvalue weighted by atomic mass is 9.98. The number of methoxy groups -OCH3 is 1. The fourth-order valence-corrected chi connectivity index (χ4v) is 5.00. The predicted octanol–water partition coefficient (Wildman–Crippen LogP) is 3.35. The van der Waals surface area contributed by atoms with Crippen LogP contribution in [0.3, 0.4) is 0 Å². The maximum absolute atomic E-state index is 12.9. The molecule has 0 saturated carbocycles. The molecule has 0 aliphatic heterocycles. The van der Waals surface area contributed by atoms with Gasteiger partial charge in [0.1, 0.15) is 18.7 Å². The molecule has 3 aromatic rings. The van der Waals surface area contributed by atoms with Crippen LogP contribution in [-0.2, 0) is 30.3 Å². The minimum atomic E-state index is -0.897. The molecule has 42 heavy (non-hydrogen) atoms. The van der Waals surface area contributed by atoms with Crippen LogP contribution in [0.1, 0.15) is 36.5 Å². The molecule has 220 valence electrons. The molecule has 3 aromatic carbocycles. The van der Waals surface area contributed by atoms with E-state index in [-0.39, 0.29) is 25.0 Å². The molecule has 0 saturated heterocycles. The number of carbonyl (C=O) groups is 4. The van der Waals surface area contributed by atoms with E-state index in [1.54, 1.807) is 38.1 Å². The van der Waals surface area contributed by atoms with Gasteiger partial charge in [0.25, 0.3) is 0 Å². The Hall–Kier alpha value is -4.70. The van der Waals surface area contributed by atoms with Crippen LogP contribution in [0.4, 0.5) is 10.5 Å². The second-order valence-electron chi connectivity index (χ2n) is 10.5. The van der Waals surface area contributed by atoms with E-state index < -0.39 is 36.0 Å². The van der Waals surface area contributed by atoms with Crippen LogP contribution in [-0.4, -0.2) is 56.2 Å². The number of hydrogen-bond donors (Lipinski definition) is 4. The van der Waals surface area contributed by atoms with Crippen molar-refractivity contribution in [1.82, 2.24) is 10.6 Å². The second-order valence-corrected chi connectivity index (χ2v) is 10.5. The van der Waals surface area contributed by atoms with Crippen LogP contribution in [0, 0.1) is 5.92 Å². The Bertz CT molecular complexity index is 1390. The maximum Gasteiger partial charge on any atom is 0.407 e. The van der Waals surface area contributed by atoms with E-state index >= 15 is 0 Å². The molecule has 4 rings (SSSR count). The van der Waals surface area contributed by atoms with Gasteiger partial charge in [0.2, 0.25) is 11.8 Å². The van der Waals surface area contributed by atoms with Gasteiger partial charge in [-0.3, -0.25) is 14.4 Å². The minimum absolute atomic E-state index is 0.100. The second kappa shape index (κ2) is 13.8. The predicted molar refractivity (Wildman–Crippen MR) is 159 cm³/mol. The Morgan fingerprint density at radius 2 is 1.48 bits per heavy atom. The fourth-order valence-electron chi connectivity index (χ4n) is 5.00. The number of benzene rings is 3. The number of alkyl carbamates (subject to hydrolysis) is 1. The average Bonchev–Trinajstić information content (AvgIpc) is 3.31. The molecule has 0 aromatic heterocycles. The quantitative estimate of drug-likeness (QED) is 0.258. The van der Waals surface area contributed by atoms with Crippen LogP contribution in [0.5, 0.6) is 0 Å². The molecule has 10 heteroatoms. The lowest BCUT2D eigenvalue weighted by Gasteiger charge is -2.22. The molecule has 0 heterocycles. The normalized spacial score (nSPS) is 13.4. The number of fused-ring (bicyclic) bond motifs is 3. The molecule has 0 spiro atoms. The van der Waals surface area contributed by atoms with Crippen molar-refractivity contribution < 1.29 is 28.7 Å². The summed E-state index contributed by atoms with van der Waals surface area (Å²) in [6, 6.07) is 21.2. The van der Waals surface area contributed by atoms with E-state index in [1.165, 1.54) is 7.11 Å². The van der Waals surface area contributed by atoms with Gasteiger partial charge in [0, 0.05) is 11.6 Å². The van der Waals surface area contributed by atoms with Crippen molar-refractivity contribution in [3.63, 3.8) is 0 Å². The highest BCUT2D eigenvalue weighted by Gasteiger charge is 2.30. The zero-order chi connectivity index (χ0) is 30.2. The molecular formula is C32H36N4O6. The molecular weight excluding hydrogens is 536 g/mol. The summed E-state index contributed by atoms with van der Waals surface area (Å²) in [7, 11) is 1.28. The number of anilines is 1. The summed E-state index contributed by atoms with van der Waals surface area (Å²) in [6.07, 6.45) is -0.410. The fraction of sp³-hybridized carbons (Fsp3) is 0.312. The van der Waals surface area contributed by atoms with Gasteiger partial charge in [-0.2, -0.15) is 0 Å². The third kappa shape index (κ3) is 7.32. The average molecular weight is 573 g/mol. The number of rotatable bonds is 11. The number of carbonyl (C=O) groups excluding carboxylic acids is 4. The van der Waals surface area contributed by atoms with E-state index in [9.17, 15) is 19.2 Å². The molecule has 0 radical (unpaired) electrons. The largest absolute Gasteiger partial charge is 0.468 e. The molecule has 10 nitrogen and oxygen atoms in total. The van der Waals surface area contributed by atoms with Crippen LogP contribution >= 0.6 is 0 Å². The molecule has 0 fully saturated rings. The van der Waals surface area contributed by atoms with Crippen LogP contribution < -0.4 is 21.7 Å². The van der Waals surface area contributed by atoms with Gasteiger partial charge in [-0.15, -0.1) is 0 Å². The number of amides is 3. The molecule has 3 amide bonds. The topological polar surface area (TPSA) is 149 Å². The van der Waals surface area contributed by atoms with Crippen molar-refractivity contribution in [2.24, 2.45) is 11.7 Å². The van der Waals surface area contributed by atoms with Gasteiger partial charge in [-0.1, -0.05) is 74.5 Å². The standard InChI is InChI=1S/C32H36N4O6/c1-19(2)29(30(38)34-17-28(37)35-21-14-12-20(13-15-21)16-27(33)31(39)41-3)36-32(40)42-18-26-24-10-6-4-8-22(24)23-9-5-7-11-25(23)26/h4-15,19,26-27,29H,16-18,33H2,1-3H3,(H,34,38)(H,35,37)(H,36,40)/t27-,29?/m0/s1. The first kappa shape index (κ1) is 30.3. The number of hydrogen-bond acceptors (Lipinski definition) is 7. The van der Waals surface area contributed by atoms with E-state index in [2.05, 4.69) is 32.8 Å². The first-order valence-electron chi connectivity index (χ1n) is 13.8. The summed E-state index contributed by atoms with van der Waals surface area (Å²) in [5.74, 6) is -1.79. The summed E-state index contributed by atoms with van der Waals surface area (Å²) in [5, 5.41) is 7.93. The summed E-state index contributed by atoms with van der Waals surface area (Å²) in [5.41, 5.74) is 11.5. The number of nitrogens with two attached hydrogens (primary N) is 1.